The van der Waals surface area contributed by atoms with E-state index in [1.807, 2.05) is 11.9 Å². The van der Waals surface area contributed by atoms with Crippen molar-refractivity contribution < 1.29 is 4.79 Å². The molecule has 2 aliphatic carbocycles. The van der Waals surface area contributed by atoms with Gasteiger partial charge in [-0.25, -0.2) is 15.0 Å². The molecule has 1 amide bonds. The van der Waals surface area contributed by atoms with Crippen LogP contribution in [0.5, 0.6) is 0 Å². The van der Waals surface area contributed by atoms with Crippen molar-refractivity contribution >= 4 is 22.9 Å². The highest BCUT2D eigenvalue weighted by Gasteiger charge is 2.43. The normalized spacial score (nSPS) is 24.0. The molecule has 2 aliphatic rings. The first-order valence-electron chi connectivity index (χ1n) is 8.87. The van der Waals surface area contributed by atoms with Gasteiger partial charge in [-0.15, -0.1) is 0 Å². The van der Waals surface area contributed by atoms with Gasteiger partial charge in [0.15, 0.2) is 11.5 Å². The first-order chi connectivity index (χ1) is 11.7. The van der Waals surface area contributed by atoms with Crippen molar-refractivity contribution in [1.82, 2.24) is 25.3 Å². The molecule has 0 saturated heterocycles. The summed E-state index contributed by atoms with van der Waals surface area (Å²) in [6, 6.07) is 0.381. The summed E-state index contributed by atoms with van der Waals surface area (Å²) in [4.78, 5) is 29.7. The molecule has 2 aromatic rings. The molecule has 128 valence electrons. The van der Waals surface area contributed by atoms with E-state index in [2.05, 4.69) is 25.3 Å². The van der Waals surface area contributed by atoms with E-state index >= 15 is 0 Å². The second-order valence-corrected chi connectivity index (χ2v) is 7.13. The van der Waals surface area contributed by atoms with Crippen molar-refractivity contribution in [2.45, 2.75) is 44.6 Å². The minimum absolute atomic E-state index is 0.0621. The number of anilines is 1. The standard InChI is InChI=1S/C17H24N6O/c1-23(17-15-16(19-9-18-15)20-10-21-17)8-14(24)22-13-7-12(13)11-5-3-2-4-6-11/h9-13H,2-8H2,1H3,(H,22,24)(H,18,19,20,21)/t12-,13+/m0/s1. The lowest BCUT2D eigenvalue weighted by atomic mass is 9.85. The zero-order valence-electron chi connectivity index (χ0n) is 14.0. The lowest BCUT2D eigenvalue weighted by molar-refractivity contribution is -0.120. The first kappa shape index (κ1) is 15.4. The van der Waals surface area contributed by atoms with Crippen LogP contribution >= 0.6 is 0 Å². The zero-order chi connectivity index (χ0) is 16.5. The maximum atomic E-state index is 12.4. The third-order valence-electron chi connectivity index (χ3n) is 5.39. The predicted molar refractivity (Wildman–Crippen MR) is 91.6 cm³/mol. The van der Waals surface area contributed by atoms with Crippen LogP contribution in [0.3, 0.4) is 0 Å². The van der Waals surface area contributed by atoms with Gasteiger partial charge in [-0.05, 0) is 18.3 Å². The molecule has 2 fully saturated rings. The third-order valence-corrected chi connectivity index (χ3v) is 5.39. The van der Waals surface area contributed by atoms with Crippen LogP contribution in [0.4, 0.5) is 5.82 Å². The van der Waals surface area contributed by atoms with Gasteiger partial charge in [0.05, 0.1) is 12.9 Å². The maximum Gasteiger partial charge on any atom is 0.239 e. The molecule has 0 unspecified atom stereocenters. The number of hydrogen-bond donors (Lipinski definition) is 2. The number of nitrogens with one attached hydrogen (secondary N) is 2. The van der Waals surface area contributed by atoms with Gasteiger partial charge < -0.3 is 15.2 Å². The summed E-state index contributed by atoms with van der Waals surface area (Å²) in [5, 5.41) is 3.19. The Kier molecular flexibility index (Phi) is 4.08. The Balaban J connectivity index is 1.32. The molecule has 0 spiro atoms. The van der Waals surface area contributed by atoms with Gasteiger partial charge in [0, 0.05) is 13.1 Å². The number of aromatic amines is 1. The van der Waals surface area contributed by atoms with Crippen LogP contribution in [-0.4, -0.2) is 45.5 Å². The Morgan fingerprint density at radius 3 is 2.96 bits per heavy atom. The number of imidazole rings is 1. The summed E-state index contributed by atoms with van der Waals surface area (Å²) in [5.41, 5.74) is 1.38. The molecule has 2 heterocycles. The maximum absolute atomic E-state index is 12.4. The summed E-state index contributed by atoms with van der Waals surface area (Å²) in [7, 11) is 1.87. The van der Waals surface area contributed by atoms with Gasteiger partial charge >= 0.3 is 0 Å². The summed E-state index contributed by atoms with van der Waals surface area (Å²) < 4.78 is 0. The Morgan fingerprint density at radius 1 is 1.29 bits per heavy atom. The average Bonchev–Trinajstić information content (AvgIpc) is 3.18. The van der Waals surface area contributed by atoms with Crippen LogP contribution in [-0.2, 0) is 4.79 Å². The highest BCUT2D eigenvalue weighted by molar-refractivity contribution is 5.87. The molecule has 2 saturated carbocycles. The second kappa shape index (κ2) is 6.37. The van der Waals surface area contributed by atoms with Crippen molar-refractivity contribution in [2.75, 3.05) is 18.5 Å². The summed E-state index contributed by atoms with van der Waals surface area (Å²) in [5.74, 6) is 2.30. The summed E-state index contributed by atoms with van der Waals surface area (Å²) in [6.07, 6.45) is 11.0. The van der Waals surface area contributed by atoms with Crippen molar-refractivity contribution in [3.63, 3.8) is 0 Å². The molecular weight excluding hydrogens is 304 g/mol. The highest BCUT2D eigenvalue weighted by atomic mass is 16.2. The van der Waals surface area contributed by atoms with Crippen molar-refractivity contribution in [2.24, 2.45) is 11.8 Å². The fourth-order valence-corrected chi connectivity index (χ4v) is 4.05. The molecular formula is C17H24N6O. The minimum Gasteiger partial charge on any atom is -0.352 e. The Hall–Kier alpha value is -2.18. The second-order valence-electron chi connectivity index (χ2n) is 7.13. The molecule has 2 atom stereocenters. The zero-order valence-corrected chi connectivity index (χ0v) is 14.0. The molecule has 0 bridgehead atoms. The highest BCUT2D eigenvalue weighted by Crippen LogP contribution is 2.44. The number of H-pyrrole nitrogens is 1. The largest absolute Gasteiger partial charge is 0.352 e. The van der Waals surface area contributed by atoms with E-state index in [0.717, 1.165) is 17.9 Å². The molecule has 0 aromatic carbocycles. The fourth-order valence-electron chi connectivity index (χ4n) is 4.05. The van der Waals surface area contributed by atoms with E-state index in [1.54, 1.807) is 6.33 Å². The monoisotopic (exact) mass is 328 g/mol. The number of nitrogens with zero attached hydrogens (tertiary/aromatic N) is 4. The van der Waals surface area contributed by atoms with Crippen LogP contribution in [0.2, 0.25) is 0 Å². The smallest absolute Gasteiger partial charge is 0.239 e. The number of likely N-dealkylation sites (N-methyl/N-ethyl adjacent to an activating group) is 1. The number of hydrogen-bond acceptors (Lipinski definition) is 5. The lowest BCUT2D eigenvalue weighted by Gasteiger charge is -2.22. The Bertz CT molecular complexity index is 723. The van der Waals surface area contributed by atoms with Gasteiger partial charge in [0.25, 0.3) is 0 Å². The number of fused-ring (bicyclic) bond motifs is 1. The van der Waals surface area contributed by atoms with E-state index in [9.17, 15) is 4.79 Å². The predicted octanol–water partition coefficient (Wildman–Crippen LogP) is 1.87. The number of carbonyl (C=O) groups excluding carboxylic acids is 1. The van der Waals surface area contributed by atoms with Crippen LogP contribution in [0.15, 0.2) is 12.7 Å². The van der Waals surface area contributed by atoms with Gasteiger partial charge in [-0.2, -0.15) is 0 Å². The van der Waals surface area contributed by atoms with Crippen molar-refractivity contribution in [3.8, 4) is 0 Å². The molecule has 24 heavy (non-hydrogen) atoms. The molecule has 0 radical (unpaired) electrons. The van der Waals surface area contributed by atoms with E-state index in [1.165, 1.54) is 38.4 Å². The molecule has 4 rings (SSSR count). The number of amides is 1. The van der Waals surface area contributed by atoms with Gasteiger partial charge in [-0.3, -0.25) is 4.79 Å². The SMILES string of the molecule is CN(CC(=O)N[C@@H]1C[C@H]1C1CCCCC1)c1ncnc2nc[nH]c12. The molecule has 7 heteroatoms. The molecule has 7 nitrogen and oxygen atoms in total. The fraction of sp³-hybridized carbons (Fsp3) is 0.647. The summed E-state index contributed by atoms with van der Waals surface area (Å²) in [6.45, 7) is 0.291. The van der Waals surface area contributed by atoms with E-state index < -0.39 is 0 Å². The van der Waals surface area contributed by atoms with Crippen LogP contribution in [0, 0.1) is 11.8 Å². The van der Waals surface area contributed by atoms with E-state index in [0.29, 0.717) is 30.0 Å². The summed E-state index contributed by atoms with van der Waals surface area (Å²) >= 11 is 0. The number of rotatable bonds is 5. The Morgan fingerprint density at radius 2 is 2.12 bits per heavy atom. The molecule has 2 aromatic heterocycles. The van der Waals surface area contributed by atoms with E-state index in [4.69, 9.17) is 0 Å². The number of aromatic nitrogens is 4. The van der Waals surface area contributed by atoms with Crippen molar-refractivity contribution in [3.05, 3.63) is 12.7 Å². The number of carbonyl (C=O) groups is 1. The molecule has 0 aliphatic heterocycles. The van der Waals surface area contributed by atoms with Crippen LogP contribution in [0.25, 0.3) is 11.2 Å². The van der Waals surface area contributed by atoms with Crippen LogP contribution < -0.4 is 10.2 Å². The Labute approximate surface area is 141 Å². The molecule has 2 N–H and O–H groups in total. The first-order valence-corrected chi connectivity index (χ1v) is 8.87. The van der Waals surface area contributed by atoms with Gasteiger partial charge in [-0.1, -0.05) is 32.1 Å². The van der Waals surface area contributed by atoms with Crippen molar-refractivity contribution in [1.29, 1.82) is 0 Å². The van der Waals surface area contributed by atoms with Gasteiger partial charge in [0.2, 0.25) is 5.91 Å². The average molecular weight is 328 g/mol. The van der Waals surface area contributed by atoms with Crippen LogP contribution in [0.1, 0.15) is 38.5 Å². The lowest BCUT2D eigenvalue weighted by Crippen LogP contribution is -2.37. The topological polar surface area (TPSA) is 86.8 Å². The quantitative estimate of drug-likeness (QED) is 0.875. The minimum atomic E-state index is 0.0621. The van der Waals surface area contributed by atoms with Gasteiger partial charge in [0.1, 0.15) is 11.8 Å². The third kappa shape index (κ3) is 3.07. The van der Waals surface area contributed by atoms with E-state index in [-0.39, 0.29) is 5.91 Å².